The number of ether oxygens (including phenoxy) is 3. The third kappa shape index (κ3) is 5.78. The third-order valence-electron chi connectivity index (χ3n) is 3.50. The molecule has 1 amide bonds. The number of amides is 1. The fourth-order valence-electron chi connectivity index (χ4n) is 2.35. The molecule has 150 valence electrons. The van der Waals surface area contributed by atoms with Gasteiger partial charge in [0.25, 0.3) is 5.91 Å². The van der Waals surface area contributed by atoms with Gasteiger partial charge in [-0.05, 0) is 45.0 Å². The smallest absolute Gasteiger partial charge is 0.271 e. The Morgan fingerprint density at radius 3 is 2.14 bits per heavy atom. The van der Waals surface area contributed by atoms with Gasteiger partial charge in [-0.2, -0.15) is 5.10 Å². The van der Waals surface area contributed by atoms with Crippen LogP contribution >= 0.6 is 23.2 Å². The van der Waals surface area contributed by atoms with Gasteiger partial charge in [-0.1, -0.05) is 29.3 Å². The van der Waals surface area contributed by atoms with E-state index < -0.39 is 5.91 Å². The predicted molar refractivity (Wildman–Crippen MR) is 111 cm³/mol. The van der Waals surface area contributed by atoms with Gasteiger partial charge in [0.15, 0.2) is 11.5 Å². The molecule has 0 saturated heterocycles. The second kappa shape index (κ2) is 10.8. The van der Waals surface area contributed by atoms with Crippen molar-refractivity contribution in [2.75, 3.05) is 19.8 Å². The van der Waals surface area contributed by atoms with Crippen molar-refractivity contribution in [1.82, 2.24) is 5.43 Å². The third-order valence-corrected chi connectivity index (χ3v) is 4.07. The van der Waals surface area contributed by atoms with Crippen molar-refractivity contribution in [3.05, 3.63) is 51.5 Å². The van der Waals surface area contributed by atoms with Gasteiger partial charge in [0, 0.05) is 16.1 Å². The SMILES string of the molecule is CCOc1cc(C(=O)N/N=C\c2ccc(Cl)cc2Cl)cc(OCC)c1OCC. The number of benzene rings is 2. The van der Waals surface area contributed by atoms with Gasteiger partial charge in [-0.3, -0.25) is 4.79 Å². The molecule has 0 spiro atoms. The predicted octanol–water partition coefficient (Wildman–Crippen LogP) is 4.95. The number of nitrogens with one attached hydrogen (secondary N) is 1. The van der Waals surface area contributed by atoms with Crippen LogP contribution in [0, 0.1) is 0 Å². The molecule has 0 fully saturated rings. The number of hydrazone groups is 1. The van der Waals surface area contributed by atoms with Crippen LogP contribution in [0.5, 0.6) is 17.2 Å². The van der Waals surface area contributed by atoms with E-state index in [4.69, 9.17) is 37.4 Å². The van der Waals surface area contributed by atoms with E-state index >= 15 is 0 Å². The fraction of sp³-hybridized carbons (Fsp3) is 0.300. The molecule has 0 radical (unpaired) electrons. The maximum Gasteiger partial charge on any atom is 0.271 e. The van der Waals surface area contributed by atoms with Gasteiger partial charge in [0.05, 0.1) is 31.1 Å². The van der Waals surface area contributed by atoms with Crippen LogP contribution in [0.15, 0.2) is 35.4 Å². The molecule has 0 aliphatic carbocycles. The van der Waals surface area contributed by atoms with Gasteiger partial charge in [0.1, 0.15) is 0 Å². The van der Waals surface area contributed by atoms with Crippen molar-refractivity contribution in [3.63, 3.8) is 0 Å². The molecule has 0 unspecified atom stereocenters. The lowest BCUT2D eigenvalue weighted by Crippen LogP contribution is -2.18. The zero-order valence-electron chi connectivity index (χ0n) is 15.9. The molecule has 1 N–H and O–H groups in total. The number of hydrogen-bond donors (Lipinski definition) is 1. The Morgan fingerprint density at radius 2 is 1.61 bits per heavy atom. The van der Waals surface area contributed by atoms with E-state index in [1.807, 2.05) is 20.8 Å². The summed E-state index contributed by atoms with van der Waals surface area (Å²) < 4.78 is 16.9. The van der Waals surface area contributed by atoms with Gasteiger partial charge in [-0.15, -0.1) is 0 Å². The molecular weight excluding hydrogens is 403 g/mol. The summed E-state index contributed by atoms with van der Waals surface area (Å²) in [6.07, 6.45) is 1.44. The van der Waals surface area contributed by atoms with E-state index in [1.54, 1.807) is 30.3 Å². The largest absolute Gasteiger partial charge is 0.490 e. The van der Waals surface area contributed by atoms with Crippen LogP contribution in [0.25, 0.3) is 0 Å². The maximum atomic E-state index is 12.5. The highest BCUT2D eigenvalue weighted by atomic mass is 35.5. The van der Waals surface area contributed by atoms with E-state index in [-0.39, 0.29) is 0 Å². The van der Waals surface area contributed by atoms with Crippen LogP contribution in [0.3, 0.4) is 0 Å². The van der Waals surface area contributed by atoms with Gasteiger partial charge in [0.2, 0.25) is 5.75 Å². The number of carbonyl (C=O) groups excluding carboxylic acids is 1. The van der Waals surface area contributed by atoms with Crippen molar-refractivity contribution in [2.45, 2.75) is 20.8 Å². The highest BCUT2D eigenvalue weighted by molar-refractivity contribution is 6.36. The molecule has 2 aromatic carbocycles. The number of carbonyl (C=O) groups is 1. The lowest BCUT2D eigenvalue weighted by molar-refractivity contribution is 0.0954. The molecule has 8 heteroatoms. The molecule has 0 atom stereocenters. The van der Waals surface area contributed by atoms with Crippen LogP contribution in [0.2, 0.25) is 10.0 Å². The van der Waals surface area contributed by atoms with E-state index in [1.165, 1.54) is 6.21 Å². The molecule has 0 heterocycles. The minimum Gasteiger partial charge on any atom is -0.490 e. The standard InChI is InChI=1S/C20H22Cl2N2O4/c1-4-26-17-9-14(10-18(27-5-2)19(17)28-6-3)20(25)24-23-12-13-7-8-15(21)11-16(13)22/h7-12H,4-6H2,1-3H3,(H,24,25)/b23-12-. The zero-order chi connectivity index (χ0) is 20.5. The minimum absolute atomic E-state index is 0.328. The highest BCUT2D eigenvalue weighted by Crippen LogP contribution is 2.39. The lowest BCUT2D eigenvalue weighted by Gasteiger charge is -2.16. The Labute approximate surface area is 174 Å². The zero-order valence-corrected chi connectivity index (χ0v) is 17.4. The summed E-state index contributed by atoms with van der Waals surface area (Å²) in [7, 11) is 0. The second-order valence-electron chi connectivity index (χ2n) is 5.47. The molecular formula is C20H22Cl2N2O4. The number of halogens is 2. The van der Waals surface area contributed by atoms with Gasteiger partial charge >= 0.3 is 0 Å². The summed E-state index contributed by atoms with van der Waals surface area (Å²) in [4.78, 5) is 12.5. The van der Waals surface area contributed by atoms with E-state index in [2.05, 4.69) is 10.5 Å². The highest BCUT2D eigenvalue weighted by Gasteiger charge is 2.18. The van der Waals surface area contributed by atoms with Crippen LogP contribution in [0.4, 0.5) is 0 Å². The van der Waals surface area contributed by atoms with Crippen LogP contribution in [-0.2, 0) is 0 Å². The van der Waals surface area contributed by atoms with Crippen molar-refractivity contribution in [1.29, 1.82) is 0 Å². The first kappa shape index (κ1) is 21.9. The van der Waals surface area contributed by atoms with E-state index in [9.17, 15) is 4.79 Å². The molecule has 0 aromatic heterocycles. The second-order valence-corrected chi connectivity index (χ2v) is 6.31. The number of nitrogens with zero attached hydrogens (tertiary/aromatic N) is 1. The summed E-state index contributed by atoms with van der Waals surface area (Å²) >= 11 is 11.9. The molecule has 0 saturated carbocycles. The van der Waals surface area contributed by atoms with Crippen molar-refractivity contribution in [2.24, 2.45) is 5.10 Å². The maximum absolute atomic E-state index is 12.5. The lowest BCUT2D eigenvalue weighted by atomic mass is 10.1. The summed E-state index contributed by atoms with van der Waals surface area (Å²) in [5.74, 6) is 0.917. The topological polar surface area (TPSA) is 69.2 Å². The first-order chi connectivity index (χ1) is 13.5. The van der Waals surface area contributed by atoms with E-state index in [0.29, 0.717) is 58.2 Å². The summed E-state index contributed by atoms with van der Waals surface area (Å²) in [5.41, 5.74) is 3.42. The quantitative estimate of drug-likeness (QED) is 0.456. The Kier molecular flexibility index (Phi) is 8.42. The Balaban J connectivity index is 2.24. The Bertz CT molecular complexity index is 829. The minimum atomic E-state index is -0.425. The molecule has 0 aliphatic heterocycles. The van der Waals surface area contributed by atoms with Crippen LogP contribution < -0.4 is 19.6 Å². The first-order valence-electron chi connectivity index (χ1n) is 8.85. The number of rotatable bonds is 9. The van der Waals surface area contributed by atoms with Crippen LogP contribution in [-0.4, -0.2) is 31.9 Å². The monoisotopic (exact) mass is 424 g/mol. The van der Waals surface area contributed by atoms with Crippen molar-refractivity contribution >= 4 is 35.3 Å². The fourth-order valence-corrected chi connectivity index (χ4v) is 2.81. The Hall–Kier alpha value is -2.44. The molecule has 2 rings (SSSR count). The normalized spacial score (nSPS) is 10.8. The Morgan fingerprint density at radius 1 is 1.00 bits per heavy atom. The van der Waals surface area contributed by atoms with Gasteiger partial charge in [-0.25, -0.2) is 5.43 Å². The molecule has 0 bridgehead atoms. The average molecular weight is 425 g/mol. The summed E-state index contributed by atoms with van der Waals surface area (Å²) in [6.45, 7) is 6.85. The summed E-state index contributed by atoms with van der Waals surface area (Å²) in [5, 5.41) is 4.91. The van der Waals surface area contributed by atoms with Crippen molar-refractivity contribution < 1.29 is 19.0 Å². The first-order valence-corrected chi connectivity index (χ1v) is 9.60. The molecule has 28 heavy (non-hydrogen) atoms. The molecule has 2 aromatic rings. The molecule has 6 nitrogen and oxygen atoms in total. The average Bonchev–Trinajstić information content (AvgIpc) is 2.66. The number of hydrogen-bond acceptors (Lipinski definition) is 5. The van der Waals surface area contributed by atoms with Crippen molar-refractivity contribution in [3.8, 4) is 17.2 Å². The van der Waals surface area contributed by atoms with E-state index in [0.717, 1.165) is 0 Å². The van der Waals surface area contributed by atoms with Gasteiger partial charge < -0.3 is 14.2 Å². The van der Waals surface area contributed by atoms with Crippen LogP contribution in [0.1, 0.15) is 36.7 Å². The summed E-state index contributed by atoms with van der Waals surface area (Å²) in [6, 6.07) is 8.18. The molecule has 0 aliphatic rings.